The molecule has 0 fully saturated rings. The van der Waals surface area contributed by atoms with Crippen LogP contribution in [0.2, 0.25) is 0 Å². The molecule has 5 nitrogen and oxygen atoms in total. The molecule has 1 aliphatic rings. The molecule has 1 aromatic rings. The Kier molecular flexibility index (Phi) is 5.07. The first kappa shape index (κ1) is 15.6. The van der Waals surface area contributed by atoms with E-state index in [1.165, 1.54) is 5.56 Å². The zero-order valence-corrected chi connectivity index (χ0v) is 12.9. The number of primary amides is 1. The first-order valence-corrected chi connectivity index (χ1v) is 7.41. The van der Waals surface area contributed by atoms with E-state index in [1.807, 2.05) is 32.0 Å². The number of nitrogens with one attached hydrogen (secondary N) is 1. The predicted octanol–water partition coefficient (Wildman–Crippen LogP) is 1.84. The molecule has 1 aromatic carbocycles. The molecule has 5 heteroatoms. The van der Waals surface area contributed by atoms with Crippen LogP contribution in [0.5, 0.6) is 11.5 Å². The number of aryl methyl sites for hydroxylation is 1. The van der Waals surface area contributed by atoms with Crippen LogP contribution in [0.4, 0.5) is 0 Å². The molecule has 0 saturated heterocycles. The maximum Gasteiger partial charge on any atom is 0.234 e. The number of rotatable bonds is 7. The number of amides is 1. The minimum atomic E-state index is -0.292. The van der Waals surface area contributed by atoms with E-state index in [9.17, 15) is 4.79 Å². The Morgan fingerprint density at radius 3 is 2.67 bits per heavy atom. The fourth-order valence-corrected chi connectivity index (χ4v) is 2.47. The average molecular weight is 292 g/mol. The second-order valence-electron chi connectivity index (χ2n) is 5.92. The Bertz CT molecular complexity index is 502. The van der Waals surface area contributed by atoms with Crippen LogP contribution in [0, 0.1) is 5.92 Å². The van der Waals surface area contributed by atoms with Gasteiger partial charge in [-0.3, -0.25) is 4.79 Å². The van der Waals surface area contributed by atoms with Crippen molar-refractivity contribution in [2.45, 2.75) is 45.7 Å². The third-order valence-electron chi connectivity index (χ3n) is 3.74. The van der Waals surface area contributed by atoms with Gasteiger partial charge in [0.2, 0.25) is 12.7 Å². The highest BCUT2D eigenvalue weighted by molar-refractivity contribution is 5.80. The standard InChI is InChI=1S/C16H24N2O3/c1-10(2)15(16(17)19)18-11(3)4-5-12-6-7-13-14(8-12)21-9-20-13/h6-8,10-11,15,18H,4-5,9H2,1-3H3,(H2,17,19). The molecule has 1 aliphatic heterocycles. The third kappa shape index (κ3) is 4.11. The van der Waals surface area contributed by atoms with Crippen LogP contribution in [0.25, 0.3) is 0 Å². The topological polar surface area (TPSA) is 73.6 Å². The summed E-state index contributed by atoms with van der Waals surface area (Å²) in [4.78, 5) is 11.4. The molecule has 3 N–H and O–H groups in total. The lowest BCUT2D eigenvalue weighted by molar-refractivity contribution is -0.121. The zero-order chi connectivity index (χ0) is 15.4. The lowest BCUT2D eigenvalue weighted by atomic mass is 10.0. The van der Waals surface area contributed by atoms with Gasteiger partial charge in [0.1, 0.15) is 0 Å². The van der Waals surface area contributed by atoms with Gasteiger partial charge in [-0.05, 0) is 43.4 Å². The Morgan fingerprint density at radius 1 is 1.29 bits per heavy atom. The molecule has 0 saturated carbocycles. The molecule has 21 heavy (non-hydrogen) atoms. The summed E-state index contributed by atoms with van der Waals surface area (Å²) in [6, 6.07) is 5.94. The maximum atomic E-state index is 11.4. The van der Waals surface area contributed by atoms with E-state index in [0.717, 1.165) is 24.3 Å². The fraction of sp³-hybridized carbons (Fsp3) is 0.562. The number of carbonyl (C=O) groups excluding carboxylic acids is 1. The van der Waals surface area contributed by atoms with Gasteiger partial charge in [0.25, 0.3) is 0 Å². The van der Waals surface area contributed by atoms with Crippen LogP contribution in [0.3, 0.4) is 0 Å². The van der Waals surface area contributed by atoms with E-state index in [0.29, 0.717) is 6.79 Å². The van der Waals surface area contributed by atoms with Crippen molar-refractivity contribution in [2.24, 2.45) is 11.7 Å². The van der Waals surface area contributed by atoms with Gasteiger partial charge in [0.15, 0.2) is 11.5 Å². The third-order valence-corrected chi connectivity index (χ3v) is 3.74. The van der Waals surface area contributed by atoms with Crippen LogP contribution in [-0.4, -0.2) is 24.8 Å². The van der Waals surface area contributed by atoms with Crippen molar-refractivity contribution in [3.63, 3.8) is 0 Å². The highest BCUT2D eigenvalue weighted by Gasteiger charge is 2.21. The first-order valence-electron chi connectivity index (χ1n) is 7.41. The molecule has 2 unspecified atom stereocenters. The van der Waals surface area contributed by atoms with Gasteiger partial charge < -0.3 is 20.5 Å². The van der Waals surface area contributed by atoms with Crippen molar-refractivity contribution in [3.8, 4) is 11.5 Å². The smallest absolute Gasteiger partial charge is 0.234 e. The molecule has 0 bridgehead atoms. The minimum absolute atomic E-state index is 0.190. The molecule has 2 atom stereocenters. The van der Waals surface area contributed by atoms with Gasteiger partial charge in [0.05, 0.1) is 6.04 Å². The van der Waals surface area contributed by atoms with Crippen LogP contribution in [0.1, 0.15) is 32.8 Å². The van der Waals surface area contributed by atoms with Crippen LogP contribution in [-0.2, 0) is 11.2 Å². The second kappa shape index (κ2) is 6.80. The quantitative estimate of drug-likeness (QED) is 0.804. The van der Waals surface area contributed by atoms with E-state index in [1.54, 1.807) is 0 Å². The SMILES string of the molecule is CC(CCc1ccc2c(c1)OCO2)NC(C(N)=O)C(C)C. The molecule has 0 aliphatic carbocycles. The lowest BCUT2D eigenvalue weighted by Crippen LogP contribution is -2.48. The van der Waals surface area contributed by atoms with Gasteiger partial charge in [-0.2, -0.15) is 0 Å². The monoisotopic (exact) mass is 292 g/mol. The van der Waals surface area contributed by atoms with Crippen molar-refractivity contribution in [2.75, 3.05) is 6.79 Å². The Morgan fingerprint density at radius 2 is 2.00 bits per heavy atom. The molecule has 116 valence electrons. The summed E-state index contributed by atoms with van der Waals surface area (Å²) in [7, 11) is 0. The van der Waals surface area contributed by atoms with Crippen LogP contribution < -0.4 is 20.5 Å². The summed E-state index contributed by atoms with van der Waals surface area (Å²) in [5.41, 5.74) is 6.62. The first-order chi connectivity index (χ1) is 9.97. The van der Waals surface area contributed by atoms with Gasteiger partial charge in [0, 0.05) is 6.04 Å². The Hall–Kier alpha value is -1.75. The highest BCUT2D eigenvalue weighted by Crippen LogP contribution is 2.32. The minimum Gasteiger partial charge on any atom is -0.454 e. The molecule has 1 heterocycles. The van der Waals surface area contributed by atoms with Crippen molar-refractivity contribution >= 4 is 5.91 Å². The number of fused-ring (bicyclic) bond motifs is 1. The summed E-state index contributed by atoms with van der Waals surface area (Å²) in [5, 5.41) is 3.31. The molecule has 1 amide bonds. The van der Waals surface area contributed by atoms with Crippen LogP contribution >= 0.6 is 0 Å². The molecular formula is C16H24N2O3. The highest BCUT2D eigenvalue weighted by atomic mass is 16.7. The second-order valence-corrected chi connectivity index (χ2v) is 5.92. The summed E-state index contributed by atoms with van der Waals surface area (Å²) in [5.74, 6) is 1.51. The van der Waals surface area contributed by atoms with E-state index < -0.39 is 0 Å². The fourth-order valence-electron chi connectivity index (χ4n) is 2.47. The number of nitrogens with two attached hydrogens (primary N) is 1. The maximum absolute atomic E-state index is 11.4. The van der Waals surface area contributed by atoms with Gasteiger partial charge >= 0.3 is 0 Å². The summed E-state index contributed by atoms with van der Waals surface area (Å²) in [6.07, 6.45) is 1.84. The van der Waals surface area contributed by atoms with Crippen molar-refractivity contribution < 1.29 is 14.3 Å². The summed E-state index contributed by atoms with van der Waals surface area (Å²) >= 11 is 0. The van der Waals surface area contributed by atoms with Crippen molar-refractivity contribution in [3.05, 3.63) is 23.8 Å². The lowest BCUT2D eigenvalue weighted by Gasteiger charge is -2.23. The van der Waals surface area contributed by atoms with E-state index in [2.05, 4.69) is 12.2 Å². The molecule has 0 spiro atoms. The molecule has 2 rings (SSSR count). The number of hydrogen-bond donors (Lipinski definition) is 2. The number of ether oxygens (including phenoxy) is 2. The summed E-state index contributed by atoms with van der Waals surface area (Å²) in [6.45, 7) is 6.36. The Balaban J connectivity index is 1.86. The van der Waals surface area contributed by atoms with Gasteiger partial charge in [-0.15, -0.1) is 0 Å². The van der Waals surface area contributed by atoms with E-state index in [-0.39, 0.29) is 23.9 Å². The van der Waals surface area contributed by atoms with Gasteiger partial charge in [-0.1, -0.05) is 19.9 Å². The van der Waals surface area contributed by atoms with Gasteiger partial charge in [-0.25, -0.2) is 0 Å². The number of hydrogen-bond acceptors (Lipinski definition) is 4. The largest absolute Gasteiger partial charge is 0.454 e. The molecular weight excluding hydrogens is 268 g/mol. The average Bonchev–Trinajstić information content (AvgIpc) is 2.89. The van der Waals surface area contributed by atoms with Crippen molar-refractivity contribution in [1.82, 2.24) is 5.32 Å². The van der Waals surface area contributed by atoms with E-state index in [4.69, 9.17) is 15.2 Å². The summed E-state index contributed by atoms with van der Waals surface area (Å²) < 4.78 is 10.7. The van der Waals surface area contributed by atoms with E-state index >= 15 is 0 Å². The molecule has 0 aromatic heterocycles. The zero-order valence-electron chi connectivity index (χ0n) is 12.9. The van der Waals surface area contributed by atoms with Crippen molar-refractivity contribution in [1.29, 1.82) is 0 Å². The number of carbonyl (C=O) groups is 1. The Labute approximate surface area is 125 Å². The predicted molar refractivity (Wildman–Crippen MR) is 81.3 cm³/mol. The molecule has 0 radical (unpaired) electrons. The van der Waals surface area contributed by atoms with Crippen LogP contribution in [0.15, 0.2) is 18.2 Å². The normalized spacial score (nSPS) is 16.0. The number of benzene rings is 1.